The van der Waals surface area contributed by atoms with Crippen LogP contribution in [0.3, 0.4) is 0 Å². The van der Waals surface area contributed by atoms with Crippen molar-refractivity contribution in [3.05, 3.63) is 42.5 Å². The standard InChI is InChI=1S/C24H35N5O4S/c1-13(2)12-28-22-18(20(30)27(7)23(28)32)17(21(31)29-9-8-10-33-29)16(34-22)11-15(14(3)25)19(26)24(4,5)6/h13,26H,8-12,25H2,1-7H3/p+1. The number of hydroxylamine groups is 2. The molecule has 0 aliphatic carbocycles. The van der Waals surface area contributed by atoms with Crippen LogP contribution in [0.25, 0.3) is 10.2 Å². The van der Waals surface area contributed by atoms with Gasteiger partial charge in [0.25, 0.3) is 11.5 Å². The van der Waals surface area contributed by atoms with Crippen molar-refractivity contribution in [3.8, 4) is 0 Å². The third-order valence-corrected chi connectivity index (χ3v) is 7.14. The summed E-state index contributed by atoms with van der Waals surface area (Å²) in [4.78, 5) is 46.6. The van der Waals surface area contributed by atoms with Crippen LogP contribution >= 0.6 is 11.3 Å². The van der Waals surface area contributed by atoms with E-state index in [1.165, 1.54) is 23.4 Å². The Morgan fingerprint density at radius 2 is 1.91 bits per heavy atom. The second-order valence-electron chi connectivity index (χ2n) is 10.3. The Hall–Kier alpha value is -2.72. The predicted molar refractivity (Wildman–Crippen MR) is 135 cm³/mol. The van der Waals surface area contributed by atoms with Crippen molar-refractivity contribution in [1.82, 2.24) is 14.2 Å². The molecule has 4 N–H and O–H groups in total. The van der Waals surface area contributed by atoms with Crippen molar-refractivity contribution in [2.75, 3.05) is 13.2 Å². The van der Waals surface area contributed by atoms with E-state index in [0.717, 1.165) is 16.6 Å². The molecule has 10 heteroatoms. The first-order valence-electron chi connectivity index (χ1n) is 11.5. The van der Waals surface area contributed by atoms with Gasteiger partial charge in [-0.25, -0.2) is 9.86 Å². The highest BCUT2D eigenvalue weighted by Gasteiger charge is 2.34. The summed E-state index contributed by atoms with van der Waals surface area (Å²) in [7, 11) is 1.44. The maximum atomic E-state index is 13.6. The van der Waals surface area contributed by atoms with Crippen molar-refractivity contribution in [1.29, 1.82) is 0 Å². The van der Waals surface area contributed by atoms with Gasteiger partial charge < -0.3 is 5.73 Å². The second-order valence-corrected chi connectivity index (χ2v) is 11.4. The summed E-state index contributed by atoms with van der Waals surface area (Å²) in [5.41, 5.74) is 7.16. The van der Waals surface area contributed by atoms with Gasteiger partial charge in [0.2, 0.25) is 0 Å². The number of amides is 1. The Bertz CT molecular complexity index is 1280. The van der Waals surface area contributed by atoms with Crippen molar-refractivity contribution in [3.63, 3.8) is 0 Å². The van der Waals surface area contributed by atoms with E-state index in [2.05, 4.69) is 0 Å². The van der Waals surface area contributed by atoms with E-state index in [0.29, 0.717) is 40.8 Å². The molecule has 1 saturated heterocycles. The Kier molecular flexibility index (Phi) is 7.23. The van der Waals surface area contributed by atoms with E-state index in [1.807, 2.05) is 34.6 Å². The van der Waals surface area contributed by atoms with Crippen LogP contribution in [0, 0.1) is 11.3 Å². The molecule has 0 atom stereocenters. The van der Waals surface area contributed by atoms with Gasteiger partial charge in [-0.2, -0.15) is 0 Å². The summed E-state index contributed by atoms with van der Waals surface area (Å²) in [5.74, 6) is -0.217. The summed E-state index contributed by atoms with van der Waals surface area (Å²) < 4.78 is 2.66. The number of rotatable bonds is 6. The first-order valence-corrected chi connectivity index (χ1v) is 12.4. The summed E-state index contributed by atoms with van der Waals surface area (Å²) in [6.45, 7) is 13.1. The maximum absolute atomic E-state index is 13.6. The lowest BCUT2D eigenvalue weighted by atomic mass is 9.83. The largest absolute Gasteiger partial charge is 0.402 e. The molecule has 1 aliphatic heterocycles. The van der Waals surface area contributed by atoms with Crippen LogP contribution in [-0.2, 0) is 24.9 Å². The fourth-order valence-electron chi connectivity index (χ4n) is 4.05. The molecule has 1 aliphatic rings. The number of nitrogens with two attached hydrogens (primary N) is 2. The van der Waals surface area contributed by atoms with Gasteiger partial charge >= 0.3 is 5.69 Å². The van der Waals surface area contributed by atoms with Gasteiger partial charge in [0.05, 0.1) is 24.1 Å². The number of carbonyl (C=O) groups is 1. The number of nitrogens with zero attached hydrogens (tertiary/aromatic N) is 3. The van der Waals surface area contributed by atoms with E-state index in [-0.39, 0.29) is 34.6 Å². The minimum Gasteiger partial charge on any atom is -0.402 e. The SMILES string of the molecule is CC(N)=C(Cc1sc2c(c1C(=O)N1CCCO1)c(=O)n(C)c(=O)n2CC(C)C)C(=[NH2+])C(C)(C)C. The molecular weight excluding hydrogens is 454 g/mol. The molecule has 1 amide bonds. The number of aromatic nitrogens is 2. The monoisotopic (exact) mass is 490 g/mol. The summed E-state index contributed by atoms with van der Waals surface area (Å²) in [6.07, 6.45) is 0.996. The number of thiophene rings is 1. The van der Waals surface area contributed by atoms with Gasteiger partial charge in [-0.05, 0) is 19.3 Å². The van der Waals surface area contributed by atoms with Gasteiger partial charge in [0, 0.05) is 41.6 Å². The molecule has 0 aromatic carbocycles. The van der Waals surface area contributed by atoms with Gasteiger partial charge in [0.1, 0.15) is 4.83 Å². The lowest BCUT2D eigenvalue weighted by molar-refractivity contribution is -0.122. The molecule has 0 radical (unpaired) electrons. The van der Waals surface area contributed by atoms with Crippen molar-refractivity contribution in [2.45, 2.75) is 60.9 Å². The first kappa shape index (κ1) is 25.9. The molecule has 0 spiro atoms. The van der Waals surface area contributed by atoms with E-state index in [1.54, 1.807) is 11.5 Å². The number of fused-ring (bicyclic) bond motifs is 1. The Morgan fingerprint density at radius 1 is 1.26 bits per heavy atom. The highest BCUT2D eigenvalue weighted by molar-refractivity contribution is 7.19. The van der Waals surface area contributed by atoms with Crippen molar-refractivity contribution >= 4 is 33.2 Å². The molecule has 1 fully saturated rings. The topological polar surface area (TPSA) is 125 Å². The normalized spacial score (nSPS) is 15.4. The number of hydrogen-bond donors (Lipinski definition) is 2. The summed E-state index contributed by atoms with van der Waals surface area (Å²) >= 11 is 1.28. The van der Waals surface area contributed by atoms with Gasteiger partial charge in [-0.15, -0.1) is 11.3 Å². The fourth-order valence-corrected chi connectivity index (χ4v) is 5.34. The minimum absolute atomic E-state index is 0.164. The second kappa shape index (κ2) is 9.50. The Balaban J connectivity index is 2.35. The van der Waals surface area contributed by atoms with Crippen molar-refractivity contribution in [2.24, 2.45) is 24.1 Å². The smallest absolute Gasteiger partial charge is 0.331 e. The number of allylic oxidation sites excluding steroid dienone is 2. The third kappa shape index (κ3) is 4.74. The Labute approximate surface area is 203 Å². The molecule has 34 heavy (non-hydrogen) atoms. The zero-order chi connectivity index (χ0) is 25.5. The average molecular weight is 491 g/mol. The lowest BCUT2D eigenvalue weighted by Gasteiger charge is -2.19. The zero-order valence-electron chi connectivity index (χ0n) is 21.2. The first-order chi connectivity index (χ1) is 15.8. The molecule has 0 unspecified atom stereocenters. The van der Waals surface area contributed by atoms with Crippen LogP contribution in [-0.4, -0.2) is 39.0 Å². The van der Waals surface area contributed by atoms with Crippen LogP contribution in [0.4, 0.5) is 0 Å². The molecule has 2 aromatic heterocycles. The van der Waals surface area contributed by atoms with Crippen molar-refractivity contribution < 1.29 is 15.0 Å². The van der Waals surface area contributed by atoms with Crippen LogP contribution in [0.1, 0.15) is 63.2 Å². The zero-order valence-corrected chi connectivity index (χ0v) is 22.0. The minimum atomic E-state index is -0.493. The molecule has 3 rings (SSSR count). The van der Waals surface area contributed by atoms with Gasteiger partial charge in [0.15, 0.2) is 5.71 Å². The van der Waals surface area contributed by atoms with Gasteiger partial charge in [-0.1, -0.05) is 34.6 Å². The lowest BCUT2D eigenvalue weighted by Crippen LogP contribution is -2.49. The quantitative estimate of drug-likeness (QED) is 0.589. The van der Waals surface area contributed by atoms with E-state index < -0.39 is 11.2 Å². The van der Waals surface area contributed by atoms with E-state index >= 15 is 0 Å². The van der Waals surface area contributed by atoms with Crippen LogP contribution in [0.15, 0.2) is 20.9 Å². The molecular formula is C24H36N5O4S+. The molecule has 9 nitrogen and oxygen atoms in total. The van der Waals surface area contributed by atoms with Crippen LogP contribution < -0.4 is 22.4 Å². The summed E-state index contributed by atoms with van der Waals surface area (Å²) in [5, 5.41) is 8.05. The van der Waals surface area contributed by atoms with Crippen LogP contribution in [0.5, 0.6) is 0 Å². The highest BCUT2D eigenvalue weighted by Crippen LogP contribution is 2.34. The maximum Gasteiger partial charge on any atom is 0.331 e. The summed E-state index contributed by atoms with van der Waals surface area (Å²) in [6, 6.07) is 0. The Morgan fingerprint density at radius 3 is 2.41 bits per heavy atom. The number of carbonyl (C=O) groups excluding carboxylic acids is 1. The average Bonchev–Trinajstić information content (AvgIpc) is 3.39. The highest BCUT2D eigenvalue weighted by atomic mass is 32.1. The number of hydrogen-bond acceptors (Lipinski definition) is 6. The molecule has 0 bridgehead atoms. The van der Waals surface area contributed by atoms with E-state index in [9.17, 15) is 14.4 Å². The van der Waals surface area contributed by atoms with Gasteiger partial charge in [-0.3, -0.25) is 29.0 Å². The molecule has 0 saturated carbocycles. The predicted octanol–water partition coefficient (Wildman–Crippen LogP) is 1.22. The molecule has 3 heterocycles. The van der Waals surface area contributed by atoms with Crippen LogP contribution in [0.2, 0.25) is 0 Å². The molecule has 2 aromatic rings. The van der Waals surface area contributed by atoms with E-state index in [4.69, 9.17) is 16.0 Å². The third-order valence-electron chi connectivity index (χ3n) is 5.93. The fraction of sp³-hybridized carbons (Fsp3) is 0.583. The molecule has 186 valence electrons.